The van der Waals surface area contributed by atoms with Crippen LogP contribution in [0.15, 0.2) is 42.5 Å². The van der Waals surface area contributed by atoms with Gasteiger partial charge in [-0.25, -0.2) is 0 Å². The Hall–Kier alpha value is -1.34. The molecule has 3 aliphatic rings. The molecule has 0 saturated heterocycles. The summed E-state index contributed by atoms with van der Waals surface area (Å²) in [5.41, 5.74) is 1.44. The van der Waals surface area contributed by atoms with E-state index in [2.05, 4.69) is 54.7 Å². The van der Waals surface area contributed by atoms with E-state index >= 15 is 0 Å². The first kappa shape index (κ1) is 12.2. The fourth-order valence-electron chi connectivity index (χ4n) is 5.41. The molecular weight excluding hydrogens is 254 g/mol. The zero-order valence-electron chi connectivity index (χ0n) is 12.6. The van der Waals surface area contributed by atoms with Crippen molar-refractivity contribution < 1.29 is 0 Å². The van der Waals surface area contributed by atoms with Crippen LogP contribution in [0.5, 0.6) is 0 Å². The van der Waals surface area contributed by atoms with E-state index in [0.717, 1.165) is 29.7 Å². The summed E-state index contributed by atoms with van der Waals surface area (Å²) in [6, 6.07) is 16.9. The molecule has 3 fully saturated rings. The highest BCUT2D eigenvalue weighted by Gasteiger charge is 2.64. The van der Waals surface area contributed by atoms with Gasteiger partial charge in [0.15, 0.2) is 0 Å². The SMILES string of the molecule is CC(NC1C2C3CCC(C3)C12)c1ccc2ccccc2c1. The quantitative estimate of drug-likeness (QED) is 0.869. The van der Waals surface area contributed by atoms with Gasteiger partial charge in [-0.15, -0.1) is 0 Å². The minimum absolute atomic E-state index is 0.476. The van der Waals surface area contributed by atoms with Crippen molar-refractivity contribution in [1.82, 2.24) is 5.32 Å². The van der Waals surface area contributed by atoms with Crippen molar-refractivity contribution in [2.75, 3.05) is 0 Å². The highest BCUT2D eigenvalue weighted by molar-refractivity contribution is 5.83. The van der Waals surface area contributed by atoms with E-state index < -0.39 is 0 Å². The molecule has 5 unspecified atom stereocenters. The van der Waals surface area contributed by atoms with E-state index in [1.165, 1.54) is 35.6 Å². The highest BCUT2D eigenvalue weighted by atomic mass is 15.0. The normalized spacial score (nSPS) is 37.7. The van der Waals surface area contributed by atoms with E-state index in [9.17, 15) is 0 Å². The second kappa shape index (κ2) is 4.33. The molecule has 2 aromatic rings. The van der Waals surface area contributed by atoms with Gasteiger partial charge in [-0.3, -0.25) is 0 Å². The lowest BCUT2D eigenvalue weighted by Gasteiger charge is -2.18. The molecule has 3 saturated carbocycles. The second-order valence-corrected chi connectivity index (χ2v) is 7.51. The van der Waals surface area contributed by atoms with Gasteiger partial charge in [-0.2, -0.15) is 0 Å². The van der Waals surface area contributed by atoms with Crippen LogP contribution in [0.3, 0.4) is 0 Å². The molecule has 0 aliphatic heterocycles. The van der Waals surface area contributed by atoms with Gasteiger partial charge >= 0.3 is 0 Å². The third-order valence-electron chi connectivity index (χ3n) is 6.45. The standard InChI is InChI=1S/C20H23N/c1-12(14-7-6-13-4-2-3-5-15(13)10-14)21-20-18-16-8-9-17(11-16)19(18)20/h2-7,10,12,16-21H,8-9,11H2,1H3. The average molecular weight is 277 g/mol. The van der Waals surface area contributed by atoms with E-state index in [4.69, 9.17) is 0 Å². The summed E-state index contributed by atoms with van der Waals surface area (Å²) >= 11 is 0. The fraction of sp³-hybridized carbons (Fsp3) is 0.500. The Balaban J connectivity index is 1.35. The number of nitrogens with one attached hydrogen (secondary N) is 1. The molecule has 108 valence electrons. The van der Waals surface area contributed by atoms with Crippen molar-refractivity contribution in [1.29, 1.82) is 0 Å². The first-order valence-electron chi connectivity index (χ1n) is 8.56. The van der Waals surface area contributed by atoms with E-state index in [1.807, 2.05) is 0 Å². The lowest BCUT2D eigenvalue weighted by atomic mass is 10.0. The zero-order valence-corrected chi connectivity index (χ0v) is 12.6. The maximum Gasteiger partial charge on any atom is 0.0294 e. The average Bonchev–Trinajstić information content (AvgIpc) is 2.91. The number of hydrogen-bond acceptors (Lipinski definition) is 1. The molecule has 21 heavy (non-hydrogen) atoms. The summed E-state index contributed by atoms with van der Waals surface area (Å²) < 4.78 is 0. The predicted molar refractivity (Wildman–Crippen MR) is 87.1 cm³/mol. The molecule has 2 aromatic carbocycles. The summed E-state index contributed by atoms with van der Waals surface area (Å²) in [5, 5.41) is 6.64. The highest BCUT2D eigenvalue weighted by Crippen LogP contribution is 2.65. The lowest BCUT2D eigenvalue weighted by Crippen LogP contribution is -2.26. The molecule has 0 aromatic heterocycles. The van der Waals surface area contributed by atoms with Gasteiger partial charge in [0.05, 0.1) is 0 Å². The van der Waals surface area contributed by atoms with Crippen LogP contribution in [0.4, 0.5) is 0 Å². The van der Waals surface area contributed by atoms with Crippen molar-refractivity contribution in [2.24, 2.45) is 23.7 Å². The third-order valence-corrected chi connectivity index (χ3v) is 6.45. The van der Waals surface area contributed by atoms with Crippen LogP contribution in [0.25, 0.3) is 10.8 Å². The number of rotatable bonds is 3. The molecule has 0 radical (unpaired) electrons. The Bertz CT molecular complexity index is 675. The summed E-state index contributed by atoms with van der Waals surface area (Å²) in [6.07, 6.45) is 4.56. The molecule has 2 bridgehead atoms. The Labute approximate surface area is 126 Å². The van der Waals surface area contributed by atoms with Gasteiger partial charge in [-0.1, -0.05) is 36.4 Å². The maximum absolute atomic E-state index is 3.94. The molecule has 0 heterocycles. The molecule has 3 aliphatic carbocycles. The Morgan fingerprint density at radius 1 is 0.952 bits per heavy atom. The van der Waals surface area contributed by atoms with Gasteiger partial charge in [-0.05, 0) is 72.3 Å². The molecular formula is C20H23N. The van der Waals surface area contributed by atoms with Gasteiger partial charge < -0.3 is 5.32 Å². The summed E-state index contributed by atoms with van der Waals surface area (Å²) in [7, 11) is 0. The summed E-state index contributed by atoms with van der Waals surface area (Å²) in [6.45, 7) is 2.33. The molecule has 5 atom stereocenters. The minimum Gasteiger partial charge on any atom is -0.307 e. The van der Waals surface area contributed by atoms with E-state index in [-0.39, 0.29) is 0 Å². The van der Waals surface area contributed by atoms with Crippen LogP contribution in [-0.2, 0) is 0 Å². The zero-order chi connectivity index (χ0) is 14.0. The number of hydrogen-bond donors (Lipinski definition) is 1. The molecule has 1 heteroatoms. The van der Waals surface area contributed by atoms with Crippen molar-refractivity contribution in [3.63, 3.8) is 0 Å². The van der Waals surface area contributed by atoms with Gasteiger partial charge in [0.25, 0.3) is 0 Å². The Morgan fingerprint density at radius 2 is 1.67 bits per heavy atom. The van der Waals surface area contributed by atoms with Crippen LogP contribution < -0.4 is 5.32 Å². The van der Waals surface area contributed by atoms with Crippen molar-refractivity contribution in [3.05, 3.63) is 48.0 Å². The molecule has 0 spiro atoms. The topological polar surface area (TPSA) is 12.0 Å². The number of fused-ring (bicyclic) bond motifs is 6. The first-order valence-corrected chi connectivity index (χ1v) is 8.56. The largest absolute Gasteiger partial charge is 0.307 e. The van der Waals surface area contributed by atoms with Gasteiger partial charge in [0, 0.05) is 12.1 Å². The minimum atomic E-state index is 0.476. The predicted octanol–water partition coefficient (Wildman–Crippen LogP) is 4.53. The maximum atomic E-state index is 3.94. The molecule has 0 amide bonds. The molecule has 1 nitrogen and oxygen atoms in total. The second-order valence-electron chi connectivity index (χ2n) is 7.51. The van der Waals surface area contributed by atoms with Crippen LogP contribution in [0.2, 0.25) is 0 Å². The van der Waals surface area contributed by atoms with Gasteiger partial charge in [0.2, 0.25) is 0 Å². The van der Waals surface area contributed by atoms with Crippen molar-refractivity contribution in [2.45, 2.75) is 38.3 Å². The fourth-order valence-corrected chi connectivity index (χ4v) is 5.41. The Kier molecular flexibility index (Phi) is 2.52. The van der Waals surface area contributed by atoms with Crippen molar-refractivity contribution in [3.8, 4) is 0 Å². The molecule has 1 N–H and O–H groups in total. The van der Waals surface area contributed by atoms with Crippen LogP contribution in [0, 0.1) is 23.7 Å². The summed E-state index contributed by atoms with van der Waals surface area (Å²) in [4.78, 5) is 0. The monoisotopic (exact) mass is 277 g/mol. The van der Waals surface area contributed by atoms with Gasteiger partial charge in [0.1, 0.15) is 0 Å². The first-order chi connectivity index (χ1) is 10.3. The smallest absolute Gasteiger partial charge is 0.0294 e. The van der Waals surface area contributed by atoms with E-state index in [1.54, 1.807) is 0 Å². The third kappa shape index (κ3) is 1.80. The van der Waals surface area contributed by atoms with Crippen LogP contribution >= 0.6 is 0 Å². The van der Waals surface area contributed by atoms with Crippen molar-refractivity contribution >= 4 is 10.8 Å². The Morgan fingerprint density at radius 3 is 2.43 bits per heavy atom. The van der Waals surface area contributed by atoms with Crippen LogP contribution in [-0.4, -0.2) is 6.04 Å². The molecule has 5 rings (SSSR count). The van der Waals surface area contributed by atoms with Crippen LogP contribution in [0.1, 0.15) is 37.8 Å². The number of benzene rings is 2. The van der Waals surface area contributed by atoms with E-state index in [0.29, 0.717) is 6.04 Å². The lowest BCUT2D eigenvalue weighted by molar-refractivity contribution is 0.433. The summed E-state index contributed by atoms with van der Waals surface area (Å²) in [5.74, 6) is 4.15.